The van der Waals surface area contributed by atoms with Crippen LogP contribution in [0, 0.1) is 19.8 Å². The first-order chi connectivity index (χ1) is 23.3. The number of benzene rings is 4. The van der Waals surface area contributed by atoms with Crippen LogP contribution in [0.5, 0.6) is 0 Å². The van der Waals surface area contributed by atoms with Crippen molar-refractivity contribution in [2.75, 3.05) is 0 Å². The van der Waals surface area contributed by atoms with Gasteiger partial charge in [0, 0.05) is 21.9 Å². The van der Waals surface area contributed by atoms with Crippen LogP contribution in [0.4, 0.5) is 0 Å². The largest absolute Gasteiger partial charge is 0.309 e. The molecule has 2 aliphatic carbocycles. The molecule has 0 N–H and O–H groups in total. The van der Waals surface area contributed by atoms with Crippen molar-refractivity contribution in [1.82, 2.24) is 4.57 Å². The molecule has 7 rings (SSSR count). The molecule has 1 nitrogen and oxygen atoms in total. The Morgan fingerprint density at radius 1 is 0.796 bits per heavy atom. The van der Waals surface area contributed by atoms with E-state index in [1.807, 2.05) is 0 Å². The van der Waals surface area contributed by atoms with Crippen molar-refractivity contribution in [3.8, 4) is 16.8 Å². The molecule has 2 heteroatoms. The van der Waals surface area contributed by atoms with E-state index >= 15 is 0 Å². The first-order valence-electron chi connectivity index (χ1n) is 18.0. The fraction of sp³-hybridized carbons (Fsp3) is 0.277. The molecule has 0 saturated heterocycles. The first kappa shape index (κ1) is 33.0. The Kier molecular flexibility index (Phi) is 8.14. The standard InChI is InChI=1S/C47H50BN/c1-12-28(2)21-32(6)35(9)48(46-33(7)22-31(5)23-34(46)8)36-15-17-38-39-18-16-37(27-43(39)47(10,11)42(38)26-36)49-44-19-13-29(3)24-40(44)41-25-30(4)14-20-45(41)49/h12-27,33,46H,9H2,1-8,10-11H3/b28-12-,32-21-. The lowest BCUT2D eigenvalue weighted by atomic mass is 9.29. The van der Waals surface area contributed by atoms with Crippen LogP contribution >= 0.6 is 0 Å². The van der Waals surface area contributed by atoms with Gasteiger partial charge in [0.05, 0.1) is 11.0 Å². The van der Waals surface area contributed by atoms with Crippen LogP contribution in [0.25, 0.3) is 38.6 Å². The van der Waals surface area contributed by atoms with Crippen molar-refractivity contribution >= 4 is 34.0 Å². The number of hydrogen-bond donors (Lipinski definition) is 0. The van der Waals surface area contributed by atoms with E-state index < -0.39 is 0 Å². The van der Waals surface area contributed by atoms with Crippen molar-refractivity contribution in [2.45, 2.75) is 80.5 Å². The molecule has 0 saturated carbocycles. The van der Waals surface area contributed by atoms with E-state index in [0.29, 0.717) is 11.7 Å². The van der Waals surface area contributed by atoms with Crippen LogP contribution in [-0.4, -0.2) is 11.3 Å². The average molecular weight is 640 g/mol. The highest BCUT2D eigenvalue weighted by Crippen LogP contribution is 2.50. The zero-order chi connectivity index (χ0) is 34.9. The van der Waals surface area contributed by atoms with E-state index in [9.17, 15) is 0 Å². The minimum atomic E-state index is -0.152. The maximum absolute atomic E-state index is 4.81. The third-order valence-electron chi connectivity index (χ3n) is 11.6. The van der Waals surface area contributed by atoms with Crippen LogP contribution in [0.2, 0.25) is 5.82 Å². The third kappa shape index (κ3) is 5.41. The zero-order valence-electron chi connectivity index (χ0n) is 31.1. The Bertz CT molecular complexity index is 2250. The zero-order valence-corrected chi connectivity index (χ0v) is 31.1. The van der Waals surface area contributed by atoms with Crippen LogP contribution < -0.4 is 5.46 Å². The van der Waals surface area contributed by atoms with Crippen molar-refractivity contribution in [3.63, 3.8) is 0 Å². The Balaban J connectivity index is 1.36. The maximum atomic E-state index is 4.81. The summed E-state index contributed by atoms with van der Waals surface area (Å²) < 4.78 is 2.46. The molecule has 0 aliphatic heterocycles. The van der Waals surface area contributed by atoms with Gasteiger partial charge in [-0.3, -0.25) is 0 Å². The number of aromatic nitrogens is 1. The van der Waals surface area contributed by atoms with E-state index in [2.05, 4.69) is 171 Å². The Morgan fingerprint density at radius 3 is 1.98 bits per heavy atom. The number of nitrogens with zero attached hydrogens (tertiary/aromatic N) is 1. The lowest BCUT2D eigenvalue weighted by molar-refractivity contribution is 0.660. The van der Waals surface area contributed by atoms with E-state index in [4.69, 9.17) is 6.58 Å². The van der Waals surface area contributed by atoms with Gasteiger partial charge in [0.1, 0.15) is 0 Å². The molecule has 0 spiro atoms. The molecule has 0 bridgehead atoms. The van der Waals surface area contributed by atoms with Crippen molar-refractivity contribution in [2.24, 2.45) is 5.92 Å². The predicted molar refractivity (Wildman–Crippen MR) is 216 cm³/mol. The van der Waals surface area contributed by atoms with Gasteiger partial charge in [0.25, 0.3) is 0 Å². The minimum Gasteiger partial charge on any atom is -0.309 e. The molecule has 4 aromatic carbocycles. The highest BCUT2D eigenvalue weighted by molar-refractivity contribution is 6.82. The number of allylic oxidation sites excluding steroid dienone is 9. The fourth-order valence-electron chi connectivity index (χ4n) is 9.00. The van der Waals surface area contributed by atoms with E-state index in [1.165, 1.54) is 94.1 Å². The molecule has 1 aromatic heterocycles. The second kappa shape index (κ2) is 12.1. The molecular weight excluding hydrogens is 589 g/mol. The van der Waals surface area contributed by atoms with Gasteiger partial charge in [-0.25, -0.2) is 0 Å². The lowest BCUT2D eigenvalue weighted by Gasteiger charge is -2.35. The molecule has 0 fully saturated rings. The van der Waals surface area contributed by atoms with Crippen LogP contribution in [0.1, 0.15) is 77.6 Å². The van der Waals surface area contributed by atoms with Gasteiger partial charge in [-0.15, -0.1) is 6.58 Å². The molecule has 2 unspecified atom stereocenters. The SMILES string of the molecule is C=C(B(c1ccc2c(c1)C(C)(C)c1cc(-n3c4ccc(C)cc4c4cc(C)ccc43)ccc1-2)C1C(C)=CC(C)=CC1C)/C(C)=C\C(C)=C/C. The summed E-state index contributed by atoms with van der Waals surface area (Å²) in [6, 6.07) is 28.2. The minimum absolute atomic E-state index is 0.152. The fourth-order valence-corrected chi connectivity index (χ4v) is 9.00. The first-order valence-corrected chi connectivity index (χ1v) is 18.0. The summed E-state index contributed by atoms with van der Waals surface area (Å²) in [5.41, 5.74) is 19.6. The van der Waals surface area contributed by atoms with Crippen molar-refractivity contribution < 1.29 is 0 Å². The monoisotopic (exact) mass is 639 g/mol. The molecule has 5 aromatic rings. The van der Waals surface area contributed by atoms with Crippen LogP contribution in [0.3, 0.4) is 0 Å². The summed E-state index contributed by atoms with van der Waals surface area (Å²) in [7, 11) is 0. The van der Waals surface area contributed by atoms with E-state index in [-0.39, 0.29) is 12.1 Å². The predicted octanol–water partition coefficient (Wildman–Crippen LogP) is 12.3. The molecule has 0 amide bonds. The van der Waals surface area contributed by atoms with Crippen LogP contribution in [0.15, 0.2) is 131 Å². The highest BCUT2D eigenvalue weighted by Gasteiger charge is 2.40. The summed E-state index contributed by atoms with van der Waals surface area (Å²) in [4.78, 5) is 0. The van der Waals surface area contributed by atoms with Gasteiger partial charge < -0.3 is 4.57 Å². The number of aryl methyl sites for hydroxylation is 2. The molecule has 1 heterocycles. The molecular formula is C47H50BN. The highest BCUT2D eigenvalue weighted by atomic mass is 15.0. The molecule has 49 heavy (non-hydrogen) atoms. The lowest BCUT2D eigenvalue weighted by Crippen LogP contribution is -2.41. The number of hydrogen-bond acceptors (Lipinski definition) is 0. The number of rotatable bonds is 6. The quantitative estimate of drug-likeness (QED) is 0.129. The summed E-state index contributed by atoms with van der Waals surface area (Å²) in [6.45, 7) is 27.6. The van der Waals surface area contributed by atoms with Gasteiger partial charge in [-0.05, 0) is 119 Å². The normalized spacial score (nSPS) is 18.7. The van der Waals surface area contributed by atoms with Gasteiger partial charge in [-0.2, -0.15) is 0 Å². The van der Waals surface area contributed by atoms with Gasteiger partial charge in [0.15, 0.2) is 0 Å². The Morgan fingerprint density at radius 2 is 1.39 bits per heavy atom. The van der Waals surface area contributed by atoms with E-state index in [1.54, 1.807) is 0 Å². The molecule has 2 aliphatic rings. The third-order valence-corrected chi connectivity index (χ3v) is 11.6. The smallest absolute Gasteiger partial charge is 0.216 e. The Hall–Kier alpha value is -4.56. The second-order valence-corrected chi connectivity index (χ2v) is 15.6. The molecule has 2 atom stereocenters. The summed E-state index contributed by atoms with van der Waals surface area (Å²) in [6.07, 6.45) is 9.30. The Labute approximate surface area is 294 Å². The molecule has 0 radical (unpaired) electrons. The van der Waals surface area contributed by atoms with Gasteiger partial charge in [0.2, 0.25) is 6.71 Å². The van der Waals surface area contributed by atoms with Gasteiger partial charge in [-0.1, -0.05) is 126 Å². The van der Waals surface area contributed by atoms with Gasteiger partial charge >= 0.3 is 0 Å². The summed E-state index contributed by atoms with van der Waals surface area (Å²) in [5.74, 6) is 0.770. The maximum Gasteiger partial charge on any atom is 0.216 e. The topological polar surface area (TPSA) is 4.93 Å². The van der Waals surface area contributed by atoms with Crippen molar-refractivity contribution in [1.29, 1.82) is 0 Å². The van der Waals surface area contributed by atoms with E-state index in [0.717, 1.165) is 0 Å². The number of fused-ring (bicyclic) bond motifs is 6. The van der Waals surface area contributed by atoms with Crippen LogP contribution in [-0.2, 0) is 5.41 Å². The average Bonchev–Trinajstić information content (AvgIpc) is 3.49. The summed E-state index contributed by atoms with van der Waals surface area (Å²) in [5, 5.41) is 2.64. The summed E-state index contributed by atoms with van der Waals surface area (Å²) >= 11 is 0. The van der Waals surface area contributed by atoms with Crippen molar-refractivity contribution in [3.05, 3.63) is 154 Å². The molecule has 246 valence electrons. The second-order valence-electron chi connectivity index (χ2n) is 15.6.